The number of amides is 1. The van der Waals surface area contributed by atoms with Gasteiger partial charge in [-0.3, -0.25) is 9.59 Å². The average molecular weight is 323 g/mol. The average Bonchev–Trinajstić information content (AvgIpc) is 3.45. The monoisotopic (exact) mass is 323 g/mol. The topological polar surface area (TPSA) is 55.4 Å². The van der Waals surface area contributed by atoms with Crippen LogP contribution in [0.2, 0.25) is 0 Å². The molecular weight excluding hydrogens is 302 g/mol. The molecule has 1 fully saturated rings. The van der Waals surface area contributed by atoms with E-state index in [4.69, 9.17) is 4.74 Å². The molecular formula is C20H21NO3. The lowest BCUT2D eigenvalue weighted by atomic mass is 10.1. The van der Waals surface area contributed by atoms with E-state index < -0.39 is 0 Å². The normalized spacial score (nSPS) is 13.3. The van der Waals surface area contributed by atoms with Gasteiger partial charge in [0.2, 0.25) is 5.91 Å². The van der Waals surface area contributed by atoms with Gasteiger partial charge in [-0.1, -0.05) is 18.2 Å². The number of carbonyl (C=O) groups is 2. The van der Waals surface area contributed by atoms with E-state index in [9.17, 15) is 9.59 Å². The summed E-state index contributed by atoms with van der Waals surface area (Å²) in [6.45, 7) is 0.506. The minimum absolute atomic E-state index is 0.0482. The molecule has 0 radical (unpaired) electrons. The first kappa shape index (κ1) is 16.2. The number of anilines is 1. The second-order valence-corrected chi connectivity index (χ2v) is 6.03. The Bertz CT molecular complexity index is 691. The summed E-state index contributed by atoms with van der Waals surface area (Å²) in [7, 11) is 0. The molecule has 2 aromatic rings. The summed E-state index contributed by atoms with van der Waals surface area (Å²) in [5, 5.41) is 2.85. The Morgan fingerprint density at radius 3 is 2.38 bits per heavy atom. The van der Waals surface area contributed by atoms with Crippen LogP contribution in [-0.4, -0.2) is 18.3 Å². The molecule has 0 spiro atoms. The smallest absolute Gasteiger partial charge is 0.224 e. The van der Waals surface area contributed by atoms with Crippen molar-refractivity contribution >= 4 is 17.4 Å². The molecule has 124 valence electrons. The van der Waals surface area contributed by atoms with Gasteiger partial charge in [-0.05, 0) is 55.7 Å². The number of ketones is 1. The Labute approximate surface area is 141 Å². The highest BCUT2D eigenvalue weighted by Crippen LogP contribution is 2.32. The van der Waals surface area contributed by atoms with E-state index in [1.165, 1.54) is 0 Å². The number of hydrogen-bond acceptors (Lipinski definition) is 3. The molecule has 0 saturated heterocycles. The molecule has 1 aliphatic rings. The zero-order valence-electron chi connectivity index (χ0n) is 13.5. The molecule has 1 saturated carbocycles. The first-order chi connectivity index (χ1) is 11.7. The number of ether oxygens (including phenoxy) is 1. The number of carbonyl (C=O) groups excluding carboxylic acids is 2. The van der Waals surface area contributed by atoms with Crippen molar-refractivity contribution in [3.63, 3.8) is 0 Å². The molecule has 1 N–H and O–H groups in total. The summed E-state index contributed by atoms with van der Waals surface area (Å²) in [5.74, 6) is 1.20. The molecule has 0 unspecified atom stereocenters. The Balaban J connectivity index is 1.39. The number of Topliss-reactive ketones (excluding diaryl/α,β-unsaturated/α-hetero) is 1. The van der Waals surface area contributed by atoms with Gasteiger partial charge >= 0.3 is 0 Å². The Morgan fingerprint density at radius 2 is 1.71 bits per heavy atom. The van der Waals surface area contributed by atoms with E-state index in [0.717, 1.165) is 29.8 Å². The summed E-state index contributed by atoms with van der Waals surface area (Å²) in [6, 6.07) is 16.7. The minimum Gasteiger partial charge on any atom is -0.494 e. The van der Waals surface area contributed by atoms with Crippen LogP contribution in [0.15, 0.2) is 54.6 Å². The van der Waals surface area contributed by atoms with Crippen molar-refractivity contribution in [2.45, 2.75) is 25.7 Å². The van der Waals surface area contributed by atoms with E-state index in [0.29, 0.717) is 19.4 Å². The van der Waals surface area contributed by atoms with Crippen molar-refractivity contribution in [2.24, 2.45) is 5.92 Å². The minimum atomic E-state index is -0.0482. The van der Waals surface area contributed by atoms with Gasteiger partial charge in [0.15, 0.2) is 5.78 Å². The van der Waals surface area contributed by atoms with Gasteiger partial charge in [0.25, 0.3) is 0 Å². The fourth-order valence-electron chi connectivity index (χ4n) is 2.46. The maximum atomic E-state index is 11.9. The first-order valence-corrected chi connectivity index (χ1v) is 8.34. The maximum Gasteiger partial charge on any atom is 0.224 e. The van der Waals surface area contributed by atoms with Crippen LogP contribution in [0.25, 0.3) is 0 Å². The lowest BCUT2D eigenvalue weighted by molar-refractivity contribution is -0.116. The molecule has 0 aromatic heterocycles. The van der Waals surface area contributed by atoms with Gasteiger partial charge in [0, 0.05) is 23.6 Å². The summed E-state index contributed by atoms with van der Waals surface area (Å²) >= 11 is 0. The van der Waals surface area contributed by atoms with Gasteiger partial charge in [-0.2, -0.15) is 0 Å². The third-order valence-electron chi connectivity index (χ3n) is 3.96. The van der Waals surface area contributed by atoms with E-state index in [1.54, 1.807) is 24.3 Å². The van der Waals surface area contributed by atoms with Crippen molar-refractivity contribution < 1.29 is 14.3 Å². The zero-order chi connectivity index (χ0) is 16.8. The summed E-state index contributed by atoms with van der Waals surface area (Å²) in [5.41, 5.74) is 1.45. The molecule has 24 heavy (non-hydrogen) atoms. The molecule has 0 heterocycles. The van der Waals surface area contributed by atoms with E-state index >= 15 is 0 Å². The molecule has 4 heteroatoms. The lowest BCUT2D eigenvalue weighted by Crippen LogP contribution is -2.13. The summed E-state index contributed by atoms with van der Waals surface area (Å²) in [4.78, 5) is 23.9. The molecule has 0 bridgehead atoms. The zero-order valence-corrected chi connectivity index (χ0v) is 13.5. The predicted octanol–water partition coefficient (Wildman–Crippen LogP) is 4.08. The van der Waals surface area contributed by atoms with Gasteiger partial charge in [0.1, 0.15) is 5.75 Å². The second kappa shape index (κ2) is 7.77. The number of hydrogen-bond donors (Lipinski definition) is 1. The number of nitrogens with one attached hydrogen (secondary N) is 1. The fourth-order valence-corrected chi connectivity index (χ4v) is 2.46. The van der Waals surface area contributed by atoms with Crippen molar-refractivity contribution in [1.29, 1.82) is 0 Å². The Morgan fingerprint density at radius 1 is 1.00 bits per heavy atom. The summed E-state index contributed by atoms with van der Waals surface area (Å²) in [6.07, 6.45) is 3.05. The molecule has 4 nitrogen and oxygen atoms in total. The van der Waals surface area contributed by atoms with Crippen molar-refractivity contribution in [2.75, 3.05) is 11.9 Å². The van der Waals surface area contributed by atoms with Crippen LogP contribution in [0.1, 0.15) is 36.0 Å². The first-order valence-electron chi connectivity index (χ1n) is 8.34. The van der Waals surface area contributed by atoms with E-state index in [2.05, 4.69) is 5.32 Å². The van der Waals surface area contributed by atoms with Gasteiger partial charge < -0.3 is 10.1 Å². The highest BCUT2D eigenvalue weighted by atomic mass is 16.5. The SMILES string of the molecule is O=C(CCCOc1ccccc1)Nc1ccc(C(=O)C2CC2)cc1. The highest BCUT2D eigenvalue weighted by molar-refractivity contribution is 6.00. The largest absolute Gasteiger partial charge is 0.494 e. The van der Waals surface area contributed by atoms with Crippen LogP contribution in [0.3, 0.4) is 0 Å². The van der Waals surface area contributed by atoms with Crippen LogP contribution in [0.5, 0.6) is 5.75 Å². The fraction of sp³-hybridized carbons (Fsp3) is 0.300. The Hall–Kier alpha value is -2.62. The van der Waals surface area contributed by atoms with Gasteiger partial charge in [-0.25, -0.2) is 0 Å². The van der Waals surface area contributed by atoms with E-state index in [-0.39, 0.29) is 17.6 Å². The van der Waals surface area contributed by atoms with Crippen LogP contribution < -0.4 is 10.1 Å². The van der Waals surface area contributed by atoms with Crippen molar-refractivity contribution in [1.82, 2.24) is 0 Å². The lowest BCUT2D eigenvalue weighted by Gasteiger charge is -2.07. The van der Waals surface area contributed by atoms with Crippen molar-refractivity contribution in [3.8, 4) is 5.75 Å². The standard InChI is InChI=1S/C20H21NO3/c22-19(7-4-14-24-18-5-2-1-3-6-18)21-17-12-10-16(11-13-17)20(23)15-8-9-15/h1-3,5-6,10-13,15H,4,7-9,14H2,(H,21,22). The number of rotatable bonds is 8. The third kappa shape index (κ3) is 4.69. The van der Waals surface area contributed by atoms with Crippen LogP contribution in [0.4, 0.5) is 5.69 Å². The molecule has 2 aromatic carbocycles. The van der Waals surface area contributed by atoms with Crippen LogP contribution >= 0.6 is 0 Å². The highest BCUT2D eigenvalue weighted by Gasteiger charge is 2.30. The van der Waals surface area contributed by atoms with Gasteiger partial charge in [-0.15, -0.1) is 0 Å². The Kier molecular flexibility index (Phi) is 5.26. The third-order valence-corrected chi connectivity index (χ3v) is 3.96. The quantitative estimate of drug-likeness (QED) is 0.588. The van der Waals surface area contributed by atoms with Crippen molar-refractivity contribution in [3.05, 3.63) is 60.2 Å². The molecule has 3 rings (SSSR count). The number of benzene rings is 2. The van der Waals surface area contributed by atoms with Crippen LogP contribution in [-0.2, 0) is 4.79 Å². The molecule has 1 aliphatic carbocycles. The predicted molar refractivity (Wildman–Crippen MR) is 93.3 cm³/mol. The maximum absolute atomic E-state index is 11.9. The van der Waals surface area contributed by atoms with Gasteiger partial charge in [0.05, 0.1) is 6.61 Å². The molecule has 0 atom stereocenters. The second-order valence-electron chi connectivity index (χ2n) is 6.03. The molecule has 0 aliphatic heterocycles. The van der Waals surface area contributed by atoms with Crippen LogP contribution in [0, 0.1) is 5.92 Å². The molecule has 1 amide bonds. The summed E-state index contributed by atoms with van der Waals surface area (Å²) < 4.78 is 5.56. The van der Waals surface area contributed by atoms with E-state index in [1.807, 2.05) is 30.3 Å². The number of para-hydroxylation sites is 1.